The predicted octanol–water partition coefficient (Wildman–Crippen LogP) is 4.21. The van der Waals surface area contributed by atoms with Gasteiger partial charge in [-0.1, -0.05) is 27.3 Å². The number of nitro benzene ring substituents is 1. The molecule has 3 heterocycles. The van der Waals surface area contributed by atoms with Gasteiger partial charge in [0.25, 0.3) is 11.2 Å². The zero-order chi connectivity index (χ0) is 22.9. The first-order valence-electron chi connectivity index (χ1n) is 9.59. The molecule has 0 amide bonds. The monoisotopic (exact) mass is 524 g/mol. The van der Waals surface area contributed by atoms with Crippen molar-refractivity contribution in [3.63, 3.8) is 0 Å². The van der Waals surface area contributed by atoms with Crippen molar-refractivity contribution in [1.29, 1.82) is 0 Å². The Morgan fingerprint density at radius 3 is 2.58 bits per heavy atom. The Morgan fingerprint density at radius 1 is 1.12 bits per heavy atom. The van der Waals surface area contributed by atoms with Gasteiger partial charge in [-0.25, -0.2) is 0 Å². The van der Waals surface area contributed by atoms with E-state index in [1.807, 2.05) is 24.3 Å². The Morgan fingerprint density at radius 2 is 1.88 bits per heavy atom. The fraction of sp³-hybridized carbons (Fsp3) is 0.0455. The van der Waals surface area contributed by atoms with E-state index in [2.05, 4.69) is 26.0 Å². The van der Waals surface area contributed by atoms with Crippen LogP contribution in [0.25, 0.3) is 22.4 Å². The third-order valence-corrected chi connectivity index (χ3v) is 6.16. The molecule has 0 bridgehead atoms. The minimum Gasteiger partial charge on any atom is -0.486 e. The van der Waals surface area contributed by atoms with Gasteiger partial charge in [0.1, 0.15) is 28.4 Å². The van der Waals surface area contributed by atoms with Gasteiger partial charge in [-0.15, -0.1) is 5.10 Å². The van der Waals surface area contributed by atoms with Crippen molar-refractivity contribution in [3.05, 3.63) is 102 Å². The summed E-state index contributed by atoms with van der Waals surface area (Å²) in [6.07, 6.45) is 1.62. The maximum absolute atomic E-state index is 12.7. The lowest BCUT2D eigenvalue weighted by Crippen LogP contribution is -2.23. The maximum atomic E-state index is 12.7. The Labute approximate surface area is 197 Å². The van der Waals surface area contributed by atoms with Crippen LogP contribution in [-0.2, 0) is 6.61 Å². The zero-order valence-electron chi connectivity index (χ0n) is 16.7. The molecule has 0 fully saturated rings. The number of nitrogens with zero attached hydrogens (tertiary/aromatic N) is 4. The van der Waals surface area contributed by atoms with Crippen LogP contribution in [0, 0.1) is 10.1 Å². The van der Waals surface area contributed by atoms with Crippen LogP contribution in [0.3, 0.4) is 0 Å². The number of benzene rings is 2. The second-order valence-corrected chi connectivity index (χ2v) is 8.81. The van der Waals surface area contributed by atoms with Crippen LogP contribution in [0.4, 0.5) is 5.69 Å². The largest absolute Gasteiger partial charge is 0.486 e. The second-order valence-electron chi connectivity index (χ2n) is 6.89. The molecule has 33 heavy (non-hydrogen) atoms. The van der Waals surface area contributed by atoms with Crippen molar-refractivity contribution >= 4 is 44.0 Å². The molecule has 0 N–H and O–H groups in total. The van der Waals surface area contributed by atoms with E-state index >= 15 is 0 Å². The molecule has 5 aromatic rings. The Kier molecular flexibility index (Phi) is 5.48. The summed E-state index contributed by atoms with van der Waals surface area (Å²) in [7, 11) is 0. The molecule has 0 radical (unpaired) electrons. The summed E-state index contributed by atoms with van der Waals surface area (Å²) in [5.74, 6) is 2.10. The standard InChI is InChI=1S/C22H13BrN4O5S/c23-14-3-7-16(8-4-14)31-12-20-24-22-26(25-20)21(28)19(33-22)11-17-9-10-18(32-17)13-1-5-15(6-2-13)27(29)30/h1-11H,12H2/b19-11-. The summed E-state index contributed by atoms with van der Waals surface area (Å²) in [5.41, 5.74) is 0.399. The van der Waals surface area contributed by atoms with E-state index in [-0.39, 0.29) is 17.9 Å². The quantitative estimate of drug-likeness (QED) is 0.241. The molecule has 0 aliphatic heterocycles. The number of halogens is 1. The van der Waals surface area contributed by atoms with E-state index in [9.17, 15) is 14.9 Å². The number of fused-ring (bicyclic) bond motifs is 1. The molecule has 3 aromatic heterocycles. The third kappa shape index (κ3) is 4.41. The first-order chi connectivity index (χ1) is 16.0. The van der Waals surface area contributed by atoms with Crippen molar-refractivity contribution < 1.29 is 14.1 Å². The molecule has 0 saturated heterocycles. The molecule has 0 spiro atoms. The van der Waals surface area contributed by atoms with Gasteiger partial charge >= 0.3 is 0 Å². The molecular formula is C22H13BrN4O5S. The summed E-state index contributed by atoms with van der Waals surface area (Å²) in [5, 5.41) is 15.0. The molecule has 0 aliphatic carbocycles. The number of non-ortho nitro benzene ring substituents is 1. The smallest absolute Gasteiger partial charge is 0.291 e. The van der Waals surface area contributed by atoms with E-state index in [0.29, 0.717) is 38.2 Å². The first kappa shape index (κ1) is 21.0. The highest BCUT2D eigenvalue weighted by Gasteiger charge is 2.12. The molecule has 5 rings (SSSR count). The van der Waals surface area contributed by atoms with E-state index in [1.165, 1.54) is 28.0 Å². The Hall–Kier alpha value is -3.83. The molecule has 11 heteroatoms. The van der Waals surface area contributed by atoms with Crippen LogP contribution >= 0.6 is 27.3 Å². The van der Waals surface area contributed by atoms with Gasteiger partial charge in [-0.05, 0) is 48.5 Å². The topological polar surface area (TPSA) is 113 Å². The summed E-state index contributed by atoms with van der Waals surface area (Å²) in [6, 6.07) is 16.9. The van der Waals surface area contributed by atoms with Gasteiger partial charge in [0, 0.05) is 28.2 Å². The number of thiazole rings is 1. The van der Waals surface area contributed by atoms with E-state index in [1.54, 1.807) is 30.3 Å². The minimum atomic E-state index is -0.458. The number of aromatic nitrogens is 3. The lowest BCUT2D eigenvalue weighted by atomic mass is 10.1. The normalized spacial score (nSPS) is 11.8. The number of rotatable bonds is 6. The fourth-order valence-corrected chi connectivity index (χ4v) is 4.25. The number of furan rings is 1. The van der Waals surface area contributed by atoms with Gasteiger partial charge in [-0.2, -0.15) is 9.50 Å². The molecule has 0 saturated carbocycles. The summed E-state index contributed by atoms with van der Waals surface area (Å²) in [4.78, 5) is 27.9. The van der Waals surface area contributed by atoms with Gasteiger partial charge in [0.15, 0.2) is 5.82 Å². The highest BCUT2D eigenvalue weighted by molar-refractivity contribution is 9.10. The molecule has 0 aliphatic rings. The second kappa shape index (κ2) is 8.60. The van der Waals surface area contributed by atoms with Gasteiger partial charge in [0.2, 0.25) is 4.96 Å². The third-order valence-electron chi connectivity index (χ3n) is 4.67. The van der Waals surface area contributed by atoms with E-state index in [0.717, 1.165) is 4.47 Å². The Bertz CT molecular complexity index is 1570. The fourth-order valence-electron chi connectivity index (χ4n) is 3.08. The van der Waals surface area contributed by atoms with Crippen LogP contribution in [0.2, 0.25) is 0 Å². The van der Waals surface area contributed by atoms with E-state index in [4.69, 9.17) is 9.15 Å². The average molecular weight is 525 g/mol. The van der Waals surface area contributed by atoms with Crippen LogP contribution in [0.5, 0.6) is 5.75 Å². The van der Waals surface area contributed by atoms with Crippen molar-refractivity contribution in [2.75, 3.05) is 0 Å². The molecular weight excluding hydrogens is 512 g/mol. The van der Waals surface area contributed by atoms with Crippen LogP contribution < -0.4 is 14.8 Å². The SMILES string of the molecule is O=c1/c(=C/c2ccc(-c3ccc([N+](=O)[O-])cc3)o2)sc2nc(COc3ccc(Br)cc3)nn12. The number of nitro groups is 1. The molecule has 9 nitrogen and oxygen atoms in total. The van der Waals surface area contributed by atoms with Crippen molar-refractivity contribution in [3.8, 4) is 17.1 Å². The highest BCUT2D eigenvalue weighted by atomic mass is 79.9. The summed E-state index contributed by atoms with van der Waals surface area (Å²) >= 11 is 4.57. The first-order valence-corrected chi connectivity index (χ1v) is 11.2. The van der Waals surface area contributed by atoms with Crippen molar-refractivity contribution in [2.24, 2.45) is 0 Å². The lowest BCUT2D eigenvalue weighted by molar-refractivity contribution is -0.384. The van der Waals surface area contributed by atoms with Gasteiger partial charge < -0.3 is 9.15 Å². The van der Waals surface area contributed by atoms with Crippen LogP contribution in [0.15, 0.2) is 74.3 Å². The number of ether oxygens (including phenoxy) is 1. The van der Waals surface area contributed by atoms with Crippen molar-refractivity contribution in [2.45, 2.75) is 6.61 Å². The lowest BCUT2D eigenvalue weighted by Gasteiger charge is -2.02. The maximum Gasteiger partial charge on any atom is 0.291 e. The average Bonchev–Trinajstić information content (AvgIpc) is 3.51. The predicted molar refractivity (Wildman–Crippen MR) is 125 cm³/mol. The Balaban J connectivity index is 1.35. The van der Waals surface area contributed by atoms with Gasteiger partial charge in [0.05, 0.1) is 4.92 Å². The molecule has 2 aromatic carbocycles. The summed E-state index contributed by atoms with van der Waals surface area (Å²) < 4.78 is 14.1. The minimum absolute atomic E-state index is 0.00382. The number of hydrogen-bond acceptors (Lipinski definition) is 8. The zero-order valence-corrected chi connectivity index (χ0v) is 19.1. The van der Waals surface area contributed by atoms with Gasteiger partial charge in [-0.3, -0.25) is 14.9 Å². The van der Waals surface area contributed by atoms with Crippen molar-refractivity contribution in [1.82, 2.24) is 14.6 Å². The van der Waals surface area contributed by atoms with E-state index < -0.39 is 4.92 Å². The van der Waals surface area contributed by atoms with Crippen LogP contribution in [0.1, 0.15) is 11.6 Å². The molecule has 0 atom stereocenters. The van der Waals surface area contributed by atoms with Crippen LogP contribution in [-0.4, -0.2) is 19.5 Å². The molecule has 0 unspecified atom stereocenters. The molecule has 164 valence electrons. The summed E-state index contributed by atoms with van der Waals surface area (Å²) in [6.45, 7) is 0.144. The number of hydrogen-bond donors (Lipinski definition) is 0. The highest BCUT2D eigenvalue weighted by Crippen LogP contribution is 2.25.